The average Bonchev–Trinajstić information content (AvgIpc) is 2.53. The Kier molecular flexibility index (Phi) is 5.09. The molecule has 0 aliphatic heterocycles. The summed E-state index contributed by atoms with van der Waals surface area (Å²) in [5.41, 5.74) is 0.421. The molecule has 2 aromatic rings. The van der Waals surface area contributed by atoms with Crippen LogP contribution in [0.2, 0.25) is 0 Å². The molecular weight excluding hydrogens is 288 g/mol. The van der Waals surface area contributed by atoms with E-state index >= 15 is 0 Å². The Morgan fingerprint density at radius 2 is 1.68 bits per heavy atom. The van der Waals surface area contributed by atoms with Gasteiger partial charge in [-0.05, 0) is 25.1 Å². The second-order valence-electron chi connectivity index (χ2n) is 4.92. The maximum absolute atomic E-state index is 13.7. The quantitative estimate of drug-likeness (QED) is 0.845. The first-order valence-electron chi connectivity index (χ1n) is 6.88. The molecule has 1 atom stereocenters. The van der Waals surface area contributed by atoms with Crippen LogP contribution in [0.3, 0.4) is 0 Å². The Labute approximate surface area is 128 Å². The number of carbonyl (C=O) groups is 1. The number of hydrogen-bond acceptors (Lipinski definition) is 2. The monoisotopic (exact) mass is 305 g/mol. The Morgan fingerprint density at radius 1 is 1.09 bits per heavy atom. The topological polar surface area (TPSA) is 29.5 Å². The predicted octanol–water partition coefficient (Wildman–Crippen LogP) is 3.56. The smallest absolute Gasteiger partial charge is 0.260 e. The van der Waals surface area contributed by atoms with Crippen molar-refractivity contribution in [1.82, 2.24) is 4.90 Å². The number of carbonyl (C=O) groups excluding carboxylic acids is 1. The summed E-state index contributed by atoms with van der Waals surface area (Å²) in [6, 6.07) is 11.7. The maximum Gasteiger partial charge on any atom is 0.260 e. The molecule has 2 aromatic carbocycles. The van der Waals surface area contributed by atoms with E-state index in [-0.39, 0.29) is 24.1 Å². The molecule has 116 valence electrons. The molecule has 0 N–H and O–H groups in total. The summed E-state index contributed by atoms with van der Waals surface area (Å²) in [7, 11) is 1.56. The normalized spacial score (nSPS) is 11.8. The van der Waals surface area contributed by atoms with Crippen LogP contribution in [0.1, 0.15) is 18.5 Å². The summed E-state index contributed by atoms with van der Waals surface area (Å²) in [5, 5.41) is 0. The van der Waals surface area contributed by atoms with Crippen molar-refractivity contribution in [2.45, 2.75) is 13.0 Å². The molecule has 2 rings (SSSR count). The lowest BCUT2D eigenvalue weighted by atomic mass is 10.1. The Bertz CT molecular complexity index is 661. The SMILES string of the molecule is CC(c1ccccc1F)N(C)C(=O)COc1ccccc1F. The van der Waals surface area contributed by atoms with Gasteiger partial charge in [-0.15, -0.1) is 0 Å². The van der Waals surface area contributed by atoms with E-state index in [2.05, 4.69) is 0 Å². The highest BCUT2D eigenvalue weighted by molar-refractivity contribution is 5.78. The summed E-state index contributed by atoms with van der Waals surface area (Å²) < 4.78 is 32.3. The number of benzene rings is 2. The second-order valence-corrected chi connectivity index (χ2v) is 4.92. The van der Waals surface area contributed by atoms with Gasteiger partial charge in [-0.1, -0.05) is 30.3 Å². The molecule has 0 saturated carbocycles. The van der Waals surface area contributed by atoms with Crippen LogP contribution in [-0.2, 0) is 4.79 Å². The lowest BCUT2D eigenvalue weighted by Gasteiger charge is -2.25. The van der Waals surface area contributed by atoms with E-state index < -0.39 is 11.9 Å². The molecule has 0 bridgehead atoms. The Hall–Kier alpha value is -2.43. The number of ether oxygens (including phenoxy) is 1. The second kappa shape index (κ2) is 7.02. The fraction of sp³-hybridized carbons (Fsp3) is 0.235. The van der Waals surface area contributed by atoms with Crippen molar-refractivity contribution in [1.29, 1.82) is 0 Å². The minimum absolute atomic E-state index is 0.0165. The molecule has 0 heterocycles. The van der Waals surface area contributed by atoms with Gasteiger partial charge in [-0.25, -0.2) is 8.78 Å². The van der Waals surface area contributed by atoms with Crippen molar-refractivity contribution in [2.75, 3.05) is 13.7 Å². The number of amides is 1. The zero-order chi connectivity index (χ0) is 16.1. The molecule has 1 unspecified atom stereocenters. The van der Waals surface area contributed by atoms with Gasteiger partial charge in [0.15, 0.2) is 18.2 Å². The molecule has 3 nitrogen and oxygen atoms in total. The van der Waals surface area contributed by atoms with Crippen LogP contribution >= 0.6 is 0 Å². The van der Waals surface area contributed by atoms with Crippen molar-refractivity contribution < 1.29 is 18.3 Å². The molecule has 0 fully saturated rings. The van der Waals surface area contributed by atoms with E-state index in [9.17, 15) is 13.6 Å². The van der Waals surface area contributed by atoms with Gasteiger partial charge < -0.3 is 9.64 Å². The Morgan fingerprint density at radius 3 is 2.32 bits per heavy atom. The summed E-state index contributed by atoms with van der Waals surface area (Å²) in [5.74, 6) is -1.24. The van der Waals surface area contributed by atoms with Crippen LogP contribution in [0.4, 0.5) is 8.78 Å². The molecule has 5 heteroatoms. The van der Waals surface area contributed by atoms with Crippen molar-refractivity contribution in [3.05, 3.63) is 65.7 Å². The zero-order valence-electron chi connectivity index (χ0n) is 12.4. The number of para-hydroxylation sites is 1. The van der Waals surface area contributed by atoms with E-state index in [1.165, 1.54) is 29.2 Å². The van der Waals surface area contributed by atoms with Crippen molar-refractivity contribution in [3.8, 4) is 5.75 Å². The zero-order valence-corrected chi connectivity index (χ0v) is 12.4. The lowest BCUT2D eigenvalue weighted by molar-refractivity contribution is -0.134. The van der Waals surface area contributed by atoms with E-state index in [1.807, 2.05) is 0 Å². The van der Waals surface area contributed by atoms with Gasteiger partial charge in [-0.3, -0.25) is 4.79 Å². The molecule has 0 aliphatic carbocycles. The molecule has 1 amide bonds. The third-order valence-corrected chi connectivity index (χ3v) is 3.52. The van der Waals surface area contributed by atoms with Gasteiger partial charge in [0.05, 0.1) is 6.04 Å². The largest absolute Gasteiger partial charge is 0.481 e. The average molecular weight is 305 g/mol. The van der Waals surface area contributed by atoms with Crippen LogP contribution in [-0.4, -0.2) is 24.5 Å². The maximum atomic E-state index is 13.7. The molecule has 0 saturated heterocycles. The van der Waals surface area contributed by atoms with Crippen LogP contribution in [0.5, 0.6) is 5.75 Å². The molecule has 0 radical (unpaired) electrons. The molecule has 22 heavy (non-hydrogen) atoms. The fourth-order valence-electron chi connectivity index (χ4n) is 2.04. The highest BCUT2D eigenvalue weighted by Crippen LogP contribution is 2.22. The first-order valence-corrected chi connectivity index (χ1v) is 6.88. The Balaban J connectivity index is 2.00. The lowest BCUT2D eigenvalue weighted by Crippen LogP contribution is -2.34. The van der Waals surface area contributed by atoms with E-state index in [0.29, 0.717) is 5.56 Å². The van der Waals surface area contributed by atoms with E-state index in [0.717, 1.165) is 0 Å². The first-order chi connectivity index (χ1) is 10.5. The van der Waals surface area contributed by atoms with Crippen molar-refractivity contribution >= 4 is 5.91 Å². The molecule has 0 aromatic heterocycles. The molecular formula is C17H17F2NO2. The third-order valence-electron chi connectivity index (χ3n) is 3.52. The minimum atomic E-state index is -0.528. The van der Waals surface area contributed by atoms with Crippen molar-refractivity contribution in [2.24, 2.45) is 0 Å². The summed E-state index contributed by atoms with van der Waals surface area (Å²) in [4.78, 5) is 13.5. The standard InChI is InChI=1S/C17H17F2NO2/c1-12(13-7-3-4-8-14(13)18)20(2)17(21)11-22-16-10-6-5-9-15(16)19/h3-10,12H,11H2,1-2H3. The highest BCUT2D eigenvalue weighted by Gasteiger charge is 2.20. The highest BCUT2D eigenvalue weighted by atomic mass is 19.1. The van der Waals surface area contributed by atoms with Gasteiger partial charge in [0, 0.05) is 12.6 Å². The molecule has 0 aliphatic rings. The summed E-state index contributed by atoms with van der Waals surface area (Å²) >= 11 is 0. The molecule has 0 spiro atoms. The van der Waals surface area contributed by atoms with Gasteiger partial charge in [-0.2, -0.15) is 0 Å². The summed E-state index contributed by atoms with van der Waals surface area (Å²) in [6.45, 7) is 1.41. The van der Waals surface area contributed by atoms with Crippen LogP contribution in [0, 0.1) is 11.6 Å². The number of hydrogen-bond donors (Lipinski definition) is 0. The van der Waals surface area contributed by atoms with Gasteiger partial charge in [0.2, 0.25) is 0 Å². The van der Waals surface area contributed by atoms with E-state index in [1.54, 1.807) is 38.2 Å². The van der Waals surface area contributed by atoms with Crippen LogP contribution in [0.15, 0.2) is 48.5 Å². The number of likely N-dealkylation sites (N-methyl/N-ethyl adjacent to an activating group) is 1. The minimum Gasteiger partial charge on any atom is -0.481 e. The van der Waals surface area contributed by atoms with Crippen LogP contribution in [0.25, 0.3) is 0 Å². The number of halogens is 2. The predicted molar refractivity (Wildman–Crippen MR) is 79.5 cm³/mol. The van der Waals surface area contributed by atoms with Gasteiger partial charge in [0.1, 0.15) is 5.82 Å². The number of rotatable bonds is 5. The number of nitrogens with zero attached hydrogens (tertiary/aromatic N) is 1. The van der Waals surface area contributed by atoms with Crippen molar-refractivity contribution in [3.63, 3.8) is 0 Å². The fourth-order valence-corrected chi connectivity index (χ4v) is 2.04. The van der Waals surface area contributed by atoms with Gasteiger partial charge >= 0.3 is 0 Å². The van der Waals surface area contributed by atoms with E-state index in [4.69, 9.17) is 4.74 Å². The van der Waals surface area contributed by atoms with Crippen LogP contribution < -0.4 is 4.74 Å². The first kappa shape index (κ1) is 15.9. The van der Waals surface area contributed by atoms with Gasteiger partial charge in [0.25, 0.3) is 5.91 Å². The summed E-state index contributed by atoms with van der Waals surface area (Å²) in [6.07, 6.45) is 0. The third kappa shape index (κ3) is 3.61.